The molecule has 0 saturated carbocycles. The smallest absolute Gasteiger partial charge is 0.870 e. The van der Waals surface area contributed by atoms with Gasteiger partial charge in [-0.15, -0.1) is 0 Å². The van der Waals surface area contributed by atoms with E-state index >= 15 is 0 Å². The molecule has 0 aliphatic carbocycles. The van der Waals surface area contributed by atoms with Crippen molar-refractivity contribution in [2.75, 3.05) is 19.5 Å². The Balaban J connectivity index is -0.000000321. The molecule has 0 unspecified atom stereocenters. The van der Waals surface area contributed by atoms with Crippen LogP contribution in [0.4, 0.5) is 5.69 Å². The van der Waals surface area contributed by atoms with Crippen LogP contribution >= 0.6 is 0 Å². The summed E-state index contributed by atoms with van der Waals surface area (Å²) >= 11 is 0. The topological polar surface area (TPSA) is 373 Å². The number of hydrogen-bond donors (Lipinski definition) is 2. The van der Waals surface area contributed by atoms with Gasteiger partial charge in [0.15, 0.2) is 0 Å². The number of benzene rings is 5. The van der Waals surface area contributed by atoms with Gasteiger partial charge in [-0.25, -0.2) is 18.0 Å². The Morgan fingerprint density at radius 3 is 1.27 bits per heavy atom. The molecule has 0 saturated heterocycles. The summed E-state index contributed by atoms with van der Waals surface area (Å²) in [5.74, 6) is -6.65. The number of carboxylic acids is 2. The maximum Gasteiger partial charge on any atom is 1.00 e. The molecule has 5 aromatic carbocycles. The van der Waals surface area contributed by atoms with Crippen molar-refractivity contribution in [2.45, 2.75) is 149 Å². The van der Waals surface area contributed by atoms with Gasteiger partial charge in [0.25, 0.3) is 28.1 Å². The van der Waals surface area contributed by atoms with Crippen molar-refractivity contribution in [2.24, 2.45) is 4.52 Å². The van der Waals surface area contributed by atoms with Crippen LogP contribution in [0.2, 0.25) is 0 Å². The number of unbranched alkanes of at least 4 members (excludes halogenated alkanes) is 8. The Morgan fingerprint density at radius 1 is 0.584 bits per heavy atom. The standard InChI is InChI=1S/C14H18O3.C14H20O2.2C13H16O3.C8H8N4O3S.CH2O3.Li.2Na.H2O/c1-3-4-5-7-11-8-6-9-12(10-11)13(15)14(16)17-2;1-3-4-5-7-12-8-6-9-13(10-12)11-14(15)16-2;2*1-2-3-4-6-10-7-5-8-11(9-10)12(14)13(15)16;1-6(13)10-7-2-4-8(5-3-7)16(14,15)12-11-9;2-1-4-3;;;;/h6,8-10H,3-5,7H2,1-2H3;6,8-10H,3-5,7,11H2,1-2H3;2*5,7-9H,2-4,6H2,1H3,(H,15,16);2-5H,1H3,(H,10,13);1,3H;;;;1H2/q;;;;;;3*+1;/p-3. The summed E-state index contributed by atoms with van der Waals surface area (Å²) in [6, 6.07) is 34.3. The Morgan fingerprint density at radius 2 is 0.944 bits per heavy atom. The van der Waals surface area contributed by atoms with Gasteiger partial charge in [0.1, 0.15) is 5.97 Å². The number of aliphatic carboxylic acids is 2. The first kappa shape index (κ1) is 91.4. The maximum atomic E-state index is 11.6. The number of amides is 1. The van der Waals surface area contributed by atoms with Crippen LogP contribution in [0.25, 0.3) is 10.4 Å². The van der Waals surface area contributed by atoms with Gasteiger partial charge in [-0.3, -0.25) is 28.8 Å². The number of Topliss-reactive ketones (excluding diaryl/α,β-unsaturated/α-hetero) is 3. The molecule has 0 aromatic heterocycles. The van der Waals surface area contributed by atoms with Crippen LogP contribution in [-0.4, -0.2) is 86.8 Å². The van der Waals surface area contributed by atoms with Crippen molar-refractivity contribution in [1.29, 1.82) is 0 Å². The number of rotatable bonds is 28. The van der Waals surface area contributed by atoms with Gasteiger partial charge in [0.2, 0.25) is 11.7 Å². The molecule has 0 heterocycles. The first-order valence-corrected chi connectivity index (χ1v) is 29.0. The van der Waals surface area contributed by atoms with E-state index in [9.17, 15) is 51.9 Å². The van der Waals surface area contributed by atoms with E-state index in [1.165, 1.54) is 89.1 Å². The van der Waals surface area contributed by atoms with E-state index in [0.717, 1.165) is 92.9 Å². The summed E-state index contributed by atoms with van der Waals surface area (Å²) in [7, 11) is -1.32. The molecular weight excluding hydrogens is 1190 g/mol. The third-order valence-electron chi connectivity index (χ3n) is 11.8. The number of carboxylic acid groups (broad SMARTS) is 2. The van der Waals surface area contributed by atoms with Gasteiger partial charge < -0.3 is 45.4 Å². The van der Waals surface area contributed by atoms with Crippen LogP contribution in [0.5, 0.6) is 0 Å². The quantitative estimate of drug-likeness (QED) is 0.00599. The third kappa shape index (κ3) is 42.4. The number of nitrogens with one attached hydrogen (secondary N) is 1. The summed E-state index contributed by atoms with van der Waals surface area (Å²) in [6.07, 6.45) is 18.1. The molecule has 22 nitrogen and oxygen atoms in total. The number of hydrogen-bond acceptors (Lipinski definition) is 17. The van der Waals surface area contributed by atoms with Crippen molar-refractivity contribution in [3.05, 3.63) is 176 Å². The summed E-state index contributed by atoms with van der Waals surface area (Å²) in [4.78, 5) is 101. The molecule has 0 radical (unpaired) electrons. The molecule has 89 heavy (non-hydrogen) atoms. The minimum absolute atomic E-state index is 0. The van der Waals surface area contributed by atoms with Gasteiger partial charge in [-0.2, -0.15) is 0 Å². The van der Waals surface area contributed by atoms with Crippen molar-refractivity contribution in [3.63, 3.8) is 0 Å². The first-order chi connectivity index (χ1) is 40.6. The predicted octanol–water partition coefficient (Wildman–Crippen LogP) is 0.862. The van der Waals surface area contributed by atoms with Crippen molar-refractivity contribution in [3.8, 4) is 0 Å². The summed E-state index contributed by atoms with van der Waals surface area (Å²) in [5, 5.41) is 29.9. The van der Waals surface area contributed by atoms with Crippen LogP contribution in [0.1, 0.15) is 171 Å². The molecule has 0 atom stereocenters. The van der Waals surface area contributed by atoms with Gasteiger partial charge >= 0.3 is 95.9 Å². The van der Waals surface area contributed by atoms with Crippen molar-refractivity contribution >= 4 is 69.3 Å². The molecule has 468 valence electrons. The second-order valence-corrected chi connectivity index (χ2v) is 20.2. The molecule has 26 heteroatoms. The van der Waals surface area contributed by atoms with Crippen LogP contribution in [0.15, 0.2) is 131 Å². The van der Waals surface area contributed by atoms with Gasteiger partial charge in [0.05, 0.1) is 25.5 Å². The summed E-state index contributed by atoms with van der Waals surface area (Å²) in [6.45, 7) is 9.76. The third-order valence-corrected chi connectivity index (χ3v) is 13.0. The second kappa shape index (κ2) is 55.7. The molecular formula is C63H79LiN4Na2O18S. The van der Waals surface area contributed by atoms with Crippen molar-refractivity contribution in [1.82, 2.24) is 0 Å². The van der Waals surface area contributed by atoms with E-state index in [2.05, 4.69) is 68.9 Å². The summed E-state index contributed by atoms with van der Waals surface area (Å²) < 4.78 is 34.3. The Hall–Kier alpha value is -6.29. The molecule has 0 aliphatic heterocycles. The second-order valence-electron chi connectivity index (χ2n) is 18.6. The number of ketones is 3. The maximum absolute atomic E-state index is 11.6. The fourth-order valence-corrected chi connectivity index (χ4v) is 8.19. The predicted molar refractivity (Wildman–Crippen MR) is 318 cm³/mol. The molecule has 0 spiro atoms. The number of esters is 2. The van der Waals surface area contributed by atoms with E-state index in [0.29, 0.717) is 17.7 Å². The number of nitrogens with zero attached hydrogens (tertiary/aromatic N) is 3. The Kier molecular flexibility index (Phi) is 57.3. The van der Waals surface area contributed by atoms with Crippen LogP contribution in [0.3, 0.4) is 0 Å². The van der Waals surface area contributed by atoms with E-state index in [1.54, 1.807) is 48.5 Å². The zero-order valence-electron chi connectivity index (χ0n) is 52.8. The summed E-state index contributed by atoms with van der Waals surface area (Å²) in [5.41, 5.74) is 14.9. The number of sulfonamides is 1. The SMILES string of the molecule is CC(=O)Nc1ccc(S(=O)(=O)N=[N+]=[N-])cc1.CCCCCc1cccc(C(=O)C(=O)O)c1.CCCCCc1cccc(C(=O)C(=O)OC)c1.CCCCCc1cccc(C(=O)C(=O)[O-])c1.CCCCCc1cccc(CC(=O)OC)c1.O=CO[O-].[Li+].[Na+].[Na+].[OH-]. The number of azide groups is 1. The van der Waals surface area contributed by atoms with E-state index < -0.39 is 45.3 Å². The van der Waals surface area contributed by atoms with Gasteiger partial charge in [-0.05, 0) is 127 Å². The zero-order valence-corrected chi connectivity index (χ0v) is 57.6. The minimum Gasteiger partial charge on any atom is -0.870 e. The fourth-order valence-electron chi connectivity index (χ4n) is 7.52. The monoisotopic (exact) mass is 1260 g/mol. The number of methoxy groups -OCH3 is 2. The molecule has 5 rings (SSSR count). The molecule has 5 aromatic rings. The first-order valence-electron chi connectivity index (χ1n) is 27.6. The number of carbonyl (C=O) groups is 9. The molecule has 0 fully saturated rings. The molecule has 0 aliphatic rings. The average molecular weight is 1270 g/mol. The zero-order chi connectivity index (χ0) is 64.0. The molecule has 1 amide bonds. The van der Waals surface area contributed by atoms with Crippen LogP contribution < -0.4 is 93.7 Å². The van der Waals surface area contributed by atoms with Crippen LogP contribution in [-0.2, 0) is 85.3 Å². The minimum atomic E-state index is -3.96. The van der Waals surface area contributed by atoms with E-state index in [1.807, 2.05) is 30.3 Å². The largest absolute Gasteiger partial charge is 1.00 e. The average Bonchev–Trinajstić information content (AvgIpc) is 3.71. The molecule has 0 bridgehead atoms. The Bertz CT molecular complexity index is 3000. The fraction of sp³-hybridized carbons (Fsp3) is 0.381. The van der Waals surface area contributed by atoms with Gasteiger partial charge in [0, 0.05) is 38.7 Å². The van der Waals surface area contributed by atoms with Crippen LogP contribution in [0, 0.1) is 0 Å². The van der Waals surface area contributed by atoms with E-state index in [-0.39, 0.29) is 118 Å². The van der Waals surface area contributed by atoms with Gasteiger partial charge in [-0.1, -0.05) is 158 Å². The number of aryl methyl sites for hydroxylation is 4. The van der Waals surface area contributed by atoms with Crippen molar-refractivity contribution < 1.29 is 165 Å². The normalized spacial score (nSPS) is 9.44. The number of carbonyl (C=O) groups excluding carboxylic acids is 8. The molecule has 3 N–H and O–H groups in total. The van der Waals surface area contributed by atoms with E-state index in [4.69, 9.17) is 20.7 Å². The Labute approximate surface area is 578 Å². The number of ether oxygens (including phenoxy) is 2. The number of anilines is 1.